The Morgan fingerprint density at radius 1 is 1.50 bits per heavy atom. The highest BCUT2D eigenvalue weighted by Gasteiger charge is 2.29. The van der Waals surface area contributed by atoms with Crippen LogP contribution in [0.25, 0.3) is 0 Å². The third kappa shape index (κ3) is 3.23. The maximum Gasteiger partial charge on any atom is 0.150 e. The van der Waals surface area contributed by atoms with E-state index in [2.05, 4.69) is 0 Å². The van der Waals surface area contributed by atoms with E-state index in [9.17, 15) is 8.42 Å². The van der Waals surface area contributed by atoms with Crippen LogP contribution in [0.1, 0.15) is 24.4 Å². The third-order valence-corrected chi connectivity index (χ3v) is 5.27. The molecule has 5 heteroatoms. The zero-order valence-corrected chi connectivity index (χ0v) is 11.3. The molecule has 1 saturated heterocycles. The first-order valence-electron chi connectivity index (χ1n) is 6.10. The lowest BCUT2D eigenvalue weighted by Gasteiger charge is -2.16. The molecule has 1 fully saturated rings. The van der Waals surface area contributed by atoms with Crippen molar-refractivity contribution >= 4 is 9.84 Å². The summed E-state index contributed by atoms with van der Waals surface area (Å²) in [5.41, 5.74) is 7.14. The summed E-state index contributed by atoms with van der Waals surface area (Å²) in [4.78, 5) is 0. The molecule has 0 amide bonds. The van der Waals surface area contributed by atoms with Gasteiger partial charge in [-0.05, 0) is 36.5 Å². The molecule has 1 aliphatic rings. The number of methoxy groups -OCH3 is 1. The fraction of sp³-hybridized carbons (Fsp3) is 0.538. The largest absolute Gasteiger partial charge is 0.497 e. The van der Waals surface area contributed by atoms with Crippen LogP contribution in [0.4, 0.5) is 0 Å². The Bertz CT molecular complexity index is 513. The van der Waals surface area contributed by atoms with Crippen LogP contribution in [0.5, 0.6) is 5.75 Å². The summed E-state index contributed by atoms with van der Waals surface area (Å²) in [7, 11) is -1.20. The minimum absolute atomic E-state index is 0.126. The molecule has 0 bridgehead atoms. The van der Waals surface area contributed by atoms with Gasteiger partial charge in [-0.25, -0.2) is 8.42 Å². The zero-order valence-electron chi connectivity index (χ0n) is 10.5. The Kier molecular flexibility index (Phi) is 3.92. The highest BCUT2D eigenvalue weighted by molar-refractivity contribution is 7.91. The second-order valence-electron chi connectivity index (χ2n) is 4.89. The maximum atomic E-state index is 11.4. The molecule has 4 nitrogen and oxygen atoms in total. The van der Waals surface area contributed by atoms with E-state index < -0.39 is 9.84 Å². The summed E-state index contributed by atoms with van der Waals surface area (Å²) in [6.07, 6.45) is 1.45. The van der Waals surface area contributed by atoms with Crippen LogP contribution < -0.4 is 10.5 Å². The van der Waals surface area contributed by atoms with Crippen LogP contribution in [0.2, 0.25) is 0 Å². The van der Waals surface area contributed by atoms with Crippen molar-refractivity contribution in [2.45, 2.75) is 18.9 Å². The third-order valence-electron chi connectivity index (χ3n) is 3.44. The number of hydrogen-bond acceptors (Lipinski definition) is 4. The van der Waals surface area contributed by atoms with E-state index in [1.807, 2.05) is 24.3 Å². The Labute approximate surface area is 108 Å². The van der Waals surface area contributed by atoms with Crippen LogP contribution in [0, 0.1) is 5.92 Å². The van der Waals surface area contributed by atoms with Crippen molar-refractivity contribution < 1.29 is 13.2 Å². The summed E-state index contributed by atoms with van der Waals surface area (Å²) < 4.78 is 28.0. The molecule has 1 heterocycles. The van der Waals surface area contributed by atoms with Gasteiger partial charge in [-0.15, -0.1) is 0 Å². The molecule has 0 aromatic heterocycles. The molecule has 2 unspecified atom stereocenters. The predicted molar refractivity (Wildman–Crippen MR) is 71.3 cm³/mol. The fourth-order valence-corrected chi connectivity index (χ4v) is 4.31. The van der Waals surface area contributed by atoms with Crippen molar-refractivity contribution in [3.05, 3.63) is 29.8 Å². The second-order valence-corrected chi connectivity index (χ2v) is 7.12. The lowest BCUT2D eigenvalue weighted by atomic mass is 9.95. The van der Waals surface area contributed by atoms with Crippen LogP contribution in [-0.2, 0) is 9.84 Å². The van der Waals surface area contributed by atoms with E-state index in [0.29, 0.717) is 12.2 Å². The predicted octanol–water partition coefficient (Wildman–Crippen LogP) is 1.52. The number of rotatable bonds is 4. The van der Waals surface area contributed by atoms with Crippen molar-refractivity contribution in [2.75, 3.05) is 18.6 Å². The van der Waals surface area contributed by atoms with Crippen molar-refractivity contribution in [1.29, 1.82) is 0 Å². The van der Waals surface area contributed by atoms with Crippen molar-refractivity contribution in [3.8, 4) is 5.75 Å². The van der Waals surface area contributed by atoms with E-state index in [4.69, 9.17) is 10.5 Å². The molecule has 2 N–H and O–H groups in total. The summed E-state index contributed by atoms with van der Waals surface area (Å²) in [5.74, 6) is 1.56. The van der Waals surface area contributed by atoms with Gasteiger partial charge in [0.2, 0.25) is 0 Å². The van der Waals surface area contributed by atoms with Gasteiger partial charge in [0.15, 0.2) is 9.84 Å². The standard InChI is InChI=1S/C13H19NO3S/c1-17-12-4-2-3-11(8-12)13(14)7-10-5-6-18(15,16)9-10/h2-4,8,10,13H,5-7,9,14H2,1H3. The molecule has 2 atom stereocenters. The highest BCUT2D eigenvalue weighted by Crippen LogP contribution is 2.28. The Hall–Kier alpha value is -1.07. The van der Waals surface area contributed by atoms with Gasteiger partial charge < -0.3 is 10.5 Å². The van der Waals surface area contributed by atoms with Gasteiger partial charge in [-0.3, -0.25) is 0 Å². The monoisotopic (exact) mass is 269 g/mol. The van der Waals surface area contributed by atoms with Gasteiger partial charge in [0.05, 0.1) is 18.6 Å². The molecule has 18 heavy (non-hydrogen) atoms. The number of sulfone groups is 1. The topological polar surface area (TPSA) is 69.4 Å². The van der Waals surface area contributed by atoms with Crippen molar-refractivity contribution in [3.63, 3.8) is 0 Å². The number of nitrogens with two attached hydrogens (primary N) is 1. The minimum atomic E-state index is -2.82. The Morgan fingerprint density at radius 2 is 2.28 bits per heavy atom. The quantitative estimate of drug-likeness (QED) is 0.899. The van der Waals surface area contributed by atoms with Crippen LogP contribution in [-0.4, -0.2) is 27.0 Å². The molecular formula is C13H19NO3S. The van der Waals surface area contributed by atoms with E-state index >= 15 is 0 Å². The molecule has 0 spiro atoms. The second kappa shape index (κ2) is 5.28. The molecule has 1 aromatic carbocycles. The highest BCUT2D eigenvalue weighted by atomic mass is 32.2. The molecule has 0 aliphatic carbocycles. The minimum Gasteiger partial charge on any atom is -0.497 e. The molecule has 0 saturated carbocycles. The molecule has 1 aliphatic heterocycles. The Morgan fingerprint density at radius 3 is 2.89 bits per heavy atom. The van der Waals surface area contributed by atoms with Crippen LogP contribution in [0.3, 0.4) is 0 Å². The molecule has 2 rings (SSSR count). The first kappa shape index (κ1) is 13.4. The van der Waals surface area contributed by atoms with Gasteiger partial charge in [0.1, 0.15) is 5.75 Å². The van der Waals surface area contributed by atoms with Gasteiger partial charge in [0.25, 0.3) is 0 Å². The van der Waals surface area contributed by atoms with Gasteiger partial charge >= 0.3 is 0 Å². The number of benzene rings is 1. The van der Waals surface area contributed by atoms with E-state index in [1.165, 1.54) is 0 Å². The summed E-state index contributed by atoms with van der Waals surface area (Å²) in [6.45, 7) is 0. The lowest BCUT2D eigenvalue weighted by Crippen LogP contribution is -2.16. The molecule has 100 valence electrons. The lowest BCUT2D eigenvalue weighted by molar-refractivity contribution is 0.412. The summed E-state index contributed by atoms with van der Waals surface area (Å²) >= 11 is 0. The smallest absolute Gasteiger partial charge is 0.150 e. The normalized spacial score (nSPS) is 23.8. The first-order chi connectivity index (χ1) is 8.50. The molecular weight excluding hydrogens is 250 g/mol. The zero-order chi connectivity index (χ0) is 13.2. The molecule has 1 aromatic rings. The maximum absolute atomic E-state index is 11.4. The SMILES string of the molecule is COc1cccc(C(N)CC2CCS(=O)(=O)C2)c1. The van der Waals surface area contributed by atoms with Crippen LogP contribution >= 0.6 is 0 Å². The Balaban J connectivity index is 2.01. The van der Waals surface area contributed by atoms with E-state index in [1.54, 1.807) is 7.11 Å². The summed E-state index contributed by atoms with van der Waals surface area (Å²) in [6, 6.07) is 7.51. The van der Waals surface area contributed by atoms with Crippen molar-refractivity contribution in [2.24, 2.45) is 11.7 Å². The van der Waals surface area contributed by atoms with E-state index in [0.717, 1.165) is 17.7 Å². The van der Waals surface area contributed by atoms with E-state index in [-0.39, 0.29) is 17.7 Å². The number of hydrogen-bond donors (Lipinski definition) is 1. The molecule has 0 radical (unpaired) electrons. The average molecular weight is 269 g/mol. The van der Waals surface area contributed by atoms with Crippen molar-refractivity contribution in [1.82, 2.24) is 0 Å². The first-order valence-corrected chi connectivity index (χ1v) is 7.92. The van der Waals surface area contributed by atoms with Gasteiger partial charge in [0, 0.05) is 6.04 Å². The fourth-order valence-electron chi connectivity index (χ4n) is 2.43. The average Bonchev–Trinajstić information content (AvgIpc) is 2.68. The van der Waals surface area contributed by atoms with Gasteiger partial charge in [-0.1, -0.05) is 12.1 Å². The number of ether oxygens (including phenoxy) is 1. The van der Waals surface area contributed by atoms with Gasteiger partial charge in [-0.2, -0.15) is 0 Å². The van der Waals surface area contributed by atoms with Crippen LogP contribution in [0.15, 0.2) is 24.3 Å². The summed E-state index contributed by atoms with van der Waals surface area (Å²) in [5, 5.41) is 0.